The van der Waals surface area contributed by atoms with Gasteiger partial charge in [0.2, 0.25) is 0 Å². The molecule has 0 radical (unpaired) electrons. The highest BCUT2D eigenvalue weighted by Crippen LogP contribution is 2.32. The molecule has 0 aliphatic heterocycles. The highest BCUT2D eigenvalue weighted by molar-refractivity contribution is 6.22. The lowest BCUT2D eigenvalue weighted by Crippen LogP contribution is -2.15. The fourth-order valence-corrected chi connectivity index (χ4v) is 2.56. The lowest BCUT2D eigenvalue weighted by atomic mass is 9.82. The molecule has 0 spiro atoms. The van der Waals surface area contributed by atoms with Gasteiger partial charge in [-0.2, -0.15) is 0 Å². The van der Waals surface area contributed by atoms with Crippen molar-refractivity contribution in [2.45, 2.75) is 38.0 Å². The Bertz CT molecular complexity index is 570. The van der Waals surface area contributed by atoms with Crippen molar-refractivity contribution in [2.24, 2.45) is 0 Å². The van der Waals surface area contributed by atoms with Gasteiger partial charge < -0.3 is 4.74 Å². The lowest BCUT2D eigenvalue weighted by Gasteiger charge is -2.24. The molecule has 1 unspecified atom stereocenters. The second-order valence-electron chi connectivity index (χ2n) is 6.00. The van der Waals surface area contributed by atoms with Gasteiger partial charge >= 0.3 is 0 Å². The summed E-state index contributed by atoms with van der Waals surface area (Å²) in [6.07, 6.45) is 1.12. The van der Waals surface area contributed by atoms with Crippen LogP contribution < -0.4 is 4.74 Å². The summed E-state index contributed by atoms with van der Waals surface area (Å²) in [5.41, 5.74) is 3.77. The van der Waals surface area contributed by atoms with Crippen LogP contribution >= 0.6 is 11.6 Å². The maximum atomic E-state index is 6.59. The molecule has 0 aromatic heterocycles. The van der Waals surface area contributed by atoms with Crippen LogP contribution in [0, 0.1) is 0 Å². The zero-order valence-corrected chi connectivity index (χ0v) is 13.9. The standard InChI is InChI=1S/C19H23ClO/c1-5-19(2,3)16-10-6-14(7-11-16)18(20)15-8-12-17(21-4)13-9-15/h6-13,18H,5H2,1-4H3. The van der Waals surface area contributed by atoms with Crippen molar-refractivity contribution in [2.75, 3.05) is 7.11 Å². The van der Waals surface area contributed by atoms with Crippen molar-refractivity contribution >= 4 is 11.6 Å². The van der Waals surface area contributed by atoms with E-state index in [0.29, 0.717) is 0 Å². The number of benzene rings is 2. The third kappa shape index (κ3) is 3.59. The van der Waals surface area contributed by atoms with Gasteiger partial charge in [-0.1, -0.05) is 57.2 Å². The number of rotatable bonds is 5. The molecule has 1 nitrogen and oxygen atoms in total. The van der Waals surface area contributed by atoms with E-state index in [9.17, 15) is 0 Å². The molecule has 0 aliphatic carbocycles. The van der Waals surface area contributed by atoms with Crippen LogP contribution in [0.4, 0.5) is 0 Å². The molecule has 2 aromatic carbocycles. The van der Waals surface area contributed by atoms with Gasteiger partial charge in [-0.3, -0.25) is 0 Å². The normalized spacial score (nSPS) is 13.0. The molecule has 0 saturated heterocycles. The molecule has 0 bridgehead atoms. The quantitative estimate of drug-likeness (QED) is 0.643. The summed E-state index contributed by atoms with van der Waals surface area (Å²) in [7, 11) is 1.67. The second-order valence-corrected chi connectivity index (χ2v) is 6.43. The summed E-state index contributed by atoms with van der Waals surface area (Å²) >= 11 is 6.59. The van der Waals surface area contributed by atoms with Crippen LogP contribution in [0.2, 0.25) is 0 Å². The zero-order valence-electron chi connectivity index (χ0n) is 13.2. The van der Waals surface area contributed by atoms with Crippen molar-refractivity contribution in [3.05, 3.63) is 65.2 Å². The van der Waals surface area contributed by atoms with Gasteiger partial charge in [0, 0.05) is 0 Å². The summed E-state index contributed by atoms with van der Waals surface area (Å²) in [5.74, 6) is 0.850. The Balaban J connectivity index is 2.21. The SMILES string of the molecule is CCC(C)(C)c1ccc(C(Cl)c2ccc(OC)cc2)cc1. The molecule has 0 N–H and O–H groups in total. The predicted molar refractivity (Wildman–Crippen MR) is 90.4 cm³/mol. The van der Waals surface area contributed by atoms with Crippen molar-refractivity contribution in [1.29, 1.82) is 0 Å². The Kier molecular flexibility index (Phi) is 4.95. The average molecular weight is 303 g/mol. The maximum Gasteiger partial charge on any atom is 0.118 e. The van der Waals surface area contributed by atoms with E-state index in [1.165, 1.54) is 5.56 Å². The smallest absolute Gasteiger partial charge is 0.118 e. The third-order valence-corrected chi connectivity index (χ3v) is 4.78. The lowest BCUT2D eigenvalue weighted by molar-refractivity contribution is 0.414. The van der Waals surface area contributed by atoms with Crippen LogP contribution in [0.15, 0.2) is 48.5 Å². The van der Waals surface area contributed by atoms with Gasteiger partial charge in [-0.25, -0.2) is 0 Å². The highest BCUT2D eigenvalue weighted by Gasteiger charge is 2.18. The molecule has 1 atom stereocenters. The summed E-state index contributed by atoms with van der Waals surface area (Å²) in [6, 6.07) is 16.6. The monoisotopic (exact) mass is 302 g/mol. The zero-order chi connectivity index (χ0) is 15.5. The van der Waals surface area contributed by atoms with E-state index >= 15 is 0 Å². The maximum absolute atomic E-state index is 6.59. The topological polar surface area (TPSA) is 9.23 Å². The summed E-state index contributed by atoms with van der Waals surface area (Å²) in [6.45, 7) is 6.75. The van der Waals surface area contributed by atoms with Crippen molar-refractivity contribution in [3.8, 4) is 5.75 Å². The van der Waals surface area contributed by atoms with Crippen LogP contribution in [0.3, 0.4) is 0 Å². The van der Waals surface area contributed by atoms with Gasteiger partial charge in [0.15, 0.2) is 0 Å². The number of halogens is 1. The summed E-state index contributed by atoms with van der Waals surface area (Å²) < 4.78 is 5.18. The third-order valence-electron chi connectivity index (χ3n) is 4.28. The Morgan fingerprint density at radius 3 is 1.86 bits per heavy atom. The van der Waals surface area contributed by atoms with E-state index in [1.807, 2.05) is 24.3 Å². The first-order valence-electron chi connectivity index (χ1n) is 7.36. The van der Waals surface area contributed by atoms with E-state index in [1.54, 1.807) is 7.11 Å². The molecule has 2 aromatic rings. The molecular formula is C19H23ClO. The molecule has 112 valence electrons. The first-order valence-corrected chi connectivity index (χ1v) is 7.80. The fourth-order valence-electron chi connectivity index (χ4n) is 2.27. The van der Waals surface area contributed by atoms with Crippen molar-refractivity contribution in [1.82, 2.24) is 0 Å². The van der Waals surface area contributed by atoms with Crippen molar-refractivity contribution < 1.29 is 4.74 Å². The van der Waals surface area contributed by atoms with Crippen molar-refractivity contribution in [3.63, 3.8) is 0 Å². The molecule has 0 aliphatic rings. The number of hydrogen-bond acceptors (Lipinski definition) is 1. The van der Waals surface area contributed by atoms with Crippen LogP contribution in [-0.4, -0.2) is 7.11 Å². The molecule has 21 heavy (non-hydrogen) atoms. The molecule has 2 rings (SSSR count). The van der Waals surface area contributed by atoms with E-state index in [0.717, 1.165) is 23.3 Å². The molecule has 0 amide bonds. The van der Waals surface area contributed by atoms with Gasteiger partial charge in [0.1, 0.15) is 5.75 Å². The van der Waals surface area contributed by atoms with Crippen LogP contribution in [0.25, 0.3) is 0 Å². The Hall–Kier alpha value is -1.47. The van der Waals surface area contributed by atoms with E-state index in [2.05, 4.69) is 45.0 Å². The summed E-state index contributed by atoms with van der Waals surface area (Å²) in [4.78, 5) is 0. The first kappa shape index (κ1) is 15.9. The Morgan fingerprint density at radius 2 is 1.43 bits per heavy atom. The number of ether oxygens (including phenoxy) is 1. The first-order chi connectivity index (χ1) is 9.97. The van der Waals surface area contributed by atoms with E-state index in [4.69, 9.17) is 16.3 Å². The van der Waals surface area contributed by atoms with Gasteiger partial charge in [-0.05, 0) is 40.7 Å². The van der Waals surface area contributed by atoms with Crippen LogP contribution in [0.5, 0.6) is 5.75 Å². The summed E-state index contributed by atoms with van der Waals surface area (Å²) in [5, 5.41) is -0.130. The predicted octanol–water partition coefficient (Wildman–Crippen LogP) is 5.71. The van der Waals surface area contributed by atoms with Gasteiger partial charge in [0.05, 0.1) is 12.5 Å². The second kappa shape index (κ2) is 6.53. The van der Waals surface area contributed by atoms with Gasteiger partial charge in [0.25, 0.3) is 0 Å². The highest BCUT2D eigenvalue weighted by atomic mass is 35.5. The van der Waals surface area contributed by atoms with E-state index < -0.39 is 0 Å². The number of methoxy groups -OCH3 is 1. The van der Waals surface area contributed by atoms with E-state index in [-0.39, 0.29) is 10.8 Å². The minimum absolute atomic E-state index is 0.130. The largest absolute Gasteiger partial charge is 0.497 e. The number of hydrogen-bond donors (Lipinski definition) is 0. The molecule has 0 heterocycles. The minimum atomic E-state index is -0.130. The molecular weight excluding hydrogens is 280 g/mol. The Morgan fingerprint density at radius 1 is 0.952 bits per heavy atom. The molecule has 2 heteroatoms. The average Bonchev–Trinajstić information content (AvgIpc) is 2.54. The number of alkyl halides is 1. The Labute approximate surface area is 132 Å². The minimum Gasteiger partial charge on any atom is -0.497 e. The fraction of sp³-hybridized carbons (Fsp3) is 0.368. The van der Waals surface area contributed by atoms with Gasteiger partial charge in [-0.15, -0.1) is 11.6 Å². The molecule has 0 saturated carbocycles. The van der Waals surface area contributed by atoms with Crippen LogP contribution in [0.1, 0.15) is 49.3 Å². The molecule has 0 fully saturated rings. The van der Waals surface area contributed by atoms with Crippen LogP contribution in [-0.2, 0) is 5.41 Å².